The highest BCUT2D eigenvalue weighted by atomic mass is 16.5. The minimum atomic E-state index is 0.507. The first-order valence-corrected chi connectivity index (χ1v) is 7.90. The lowest BCUT2D eigenvalue weighted by molar-refractivity contribution is 0.112. The number of hydrogen-bond donors (Lipinski definition) is 0. The van der Waals surface area contributed by atoms with Gasteiger partial charge in [0, 0.05) is 17.1 Å². The van der Waals surface area contributed by atoms with Crippen LogP contribution in [-0.2, 0) is 6.61 Å². The van der Waals surface area contributed by atoms with E-state index in [1.54, 1.807) is 12.3 Å². The normalized spacial score (nSPS) is 13.9. The van der Waals surface area contributed by atoms with Gasteiger partial charge in [-0.25, -0.2) is 0 Å². The van der Waals surface area contributed by atoms with Crippen molar-refractivity contribution in [3.8, 4) is 5.75 Å². The van der Waals surface area contributed by atoms with Crippen molar-refractivity contribution < 1.29 is 9.53 Å². The summed E-state index contributed by atoms with van der Waals surface area (Å²) in [7, 11) is 0. The zero-order valence-electron chi connectivity index (χ0n) is 12.7. The van der Waals surface area contributed by atoms with E-state index in [9.17, 15) is 4.79 Å². The second kappa shape index (κ2) is 5.84. The highest BCUT2D eigenvalue weighted by Gasteiger charge is 2.28. The number of aromatic nitrogens is 1. The van der Waals surface area contributed by atoms with Crippen LogP contribution in [0.5, 0.6) is 5.75 Å². The molecule has 1 saturated carbocycles. The summed E-state index contributed by atoms with van der Waals surface area (Å²) in [5.74, 6) is 1.39. The molecule has 0 aliphatic heterocycles. The quantitative estimate of drug-likeness (QED) is 0.651. The fraction of sp³-hybridized carbons (Fsp3) is 0.200. The van der Waals surface area contributed by atoms with Crippen molar-refractivity contribution in [2.75, 3.05) is 0 Å². The molecule has 0 radical (unpaired) electrons. The van der Waals surface area contributed by atoms with Gasteiger partial charge in [0.05, 0.1) is 0 Å². The summed E-state index contributed by atoms with van der Waals surface area (Å²) in [6, 6.07) is 15.9. The van der Waals surface area contributed by atoms with Gasteiger partial charge in [-0.2, -0.15) is 0 Å². The number of fused-ring (bicyclic) bond motifs is 1. The van der Waals surface area contributed by atoms with Gasteiger partial charge >= 0.3 is 0 Å². The lowest BCUT2D eigenvalue weighted by Crippen LogP contribution is -2.00. The number of pyridine rings is 1. The molecule has 0 atom stereocenters. The van der Waals surface area contributed by atoms with Crippen molar-refractivity contribution in [3.05, 3.63) is 71.4 Å². The largest absolute Gasteiger partial charge is 0.486 e. The molecule has 0 amide bonds. The van der Waals surface area contributed by atoms with Gasteiger partial charge in [-0.3, -0.25) is 9.78 Å². The summed E-state index contributed by atoms with van der Waals surface area (Å²) in [5.41, 5.74) is 3.78. The molecule has 3 nitrogen and oxygen atoms in total. The lowest BCUT2D eigenvalue weighted by atomic mass is 10.0. The van der Waals surface area contributed by atoms with Gasteiger partial charge in [-0.05, 0) is 36.0 Å². The van der Waals surface area contributed by atoms with Gasteiger partial charge in [-0.1, -0.05) is 42.5 Å². The van der Waals surface area contributed by atoms with E-state index in [1.807, 2.05) is 36.4 Å². The molecule has 114 valence electrons. The average Bonchev–Trinajstić information content (AvgIpc) is 3.44. The standard InChI is InChI=1S/C20H17NO2/c22-12-16-10-11-21-19-17(16)8-9-18(15-6-7-15)20(19)23-13-14-4-2-1-3-5-14/h1-5,8-12,15H,6-7,13H2. The Kier molecular flexibility index (Phi) is 3.54. The summed E-state index contributed by atoms with van der Waals surface area (Å²) in [4.78, 5) is 15.8. The summed E-state index contributed by atoms with van der Waals surface area (Å²) in [6.45, 7) is 0.507. The molecule has 0 bridgehead atoms. The monoisotopic (exact) mass is 303 g/mol. The average molecular weight is 303 g/mol. The Morgan fingerprint density at radius 2 is 1.91 bits per heavy atom. The lowest BCUT2D eigenvalue weighted by Gasteiger charge is -2.14. The van der Waals surface area contributed by atoms with E-state index >= 15 is 0 Å². The molecule has 1 aliphatic carbocycles. The van der Waals surface area contributed by atoms with Gasteiger partial charge in [0.25, 0.3) is 0 Å². The number of nitrogens with zero attached hydrogens (tertiary/aromatic N) is 1. The number of hydrogen-bond acceptors (Lipinski definition) is 3. The van der Waals surface area contributed by atoms with Gasteiger partial charge in [0.15, 0.2) is 6.29 Å². The maximum atomic E-state index is 11.3. The molecule has 0 unspecified atom stereocenters. The number of aldehydes is 1. The minimum Gasteiger partial charge on any atom is -0.486 e. The van der Waals surface area contributed by atoms with E-state index in [1.165, 1.54) is 18.4 Å². The van der Waals surface area contributed by atoms with Crippen LogP contribution in [0.1, 0.15) is 40.2 Å². The third-order valence-electron chi connectivity index (χ3n) is 4.30. The molecule has 0 saturated heterocycles. The van der Waals surface area contributed by atoms with E-state index in [4.69, 9.17) is 4.74 Å². The van der Waals surface area contributed by atoms with Gasteiger partial charge in [0.2, 0.25) is 0 Å². The predicted octanol–water partition coefficient (Wildman–Crippen LogP) is 4.50. The van der Waals surface area contributed by atoms with Crippen LogP contribution in [0.25, 0.3) is 10.9 Å². The van der Waals surface area contributed by atoms with Crippen LogP contribution in [0.4, 0.5) is 0 Å². The molecule has 4 rings (SSSR count). The van der Waals surface area contributed by atoms with Crippen molar-refractivity contribution in [2.24, 2.45) is 0 Å². The second-order valence-electron chi connectivity index (χ2n) is 5.95. The minimum absolute atomic E-state index is 0.507. The predicted molar refractivity (Wildman–Crippen MR) is 89.9 cm³/mol. The molecule has 3 heteroatoms. The third kappa shape index (κ3) is 2.70. The van der Waals surface area contributed by atoms with Crippen LogP contribution in [0, 0.1) is 0 Å². The number of benzene rings is 2. The molecular weight excluding hydrogens is 286 g/mol. The molecule has 1 heterocycles. The first-order chi connectivity index (χ1) is 11.4. The molecule has 23 heavy (non-hydrogen) atoms. The van der Waals surface area contributed by atoms with E-state index in [-0.39, 0.29) is 0 Å². The number of rotatable bonds is 5. The summed E-state index contributed by atoms with van der Waals surface area (Å²) in [5, 5.41) is 0.856. The van der Waals surface area contributed by atoms with Crippen molar-refractivity contribution in [3.63, 3.8) is 0 Å². The van der Waals surface area contributed by atoms with Crippen LogP contribution >= 0.6 is 0 Å². The summed E-state index contributed by atoms with van der Waals surface area (Å²) < 4.78 is 6.16. The SMILES string of the molecule is O=Cc1ccnc2c(OCc3ccccc3)c(C3CC3)ccc12. The molecule has 1 fully saturated rings. The van der Waals surface area contributed by atoms with Crippen LogP contribution < -0.4 is 4.74 Å². The third-order valence-corrected chi connectivity index (χ3v) is 4.30. The summed E-state index contributed by atoms with van der Waals surface area (Å²) in [6.07, 6.45) is 4.95. The number of carbonyl (C=O) groups excluding carboxylic acids is 1. The van der Waals surface area contributed by atoms with Crippen molar-refractivity contribution in [1.82, 2.24) is 4.98 Å². The van der Waals surface area contributed by atoms with E-state index in [2.05, 4.69) is 11.1 Å². The van der Waals surface area contributed by atoms with Gasteiger partial charge in [0.1, 0.15) is 17.9 Å². The zero-order valence-corrected chi connectivity index (χ0v) is 12.7. The van der Waals surface area contributed by atoms with Crippen LogP contribution in [0.15, 0.2) is 54.7 Å². The van der Waals surface area contributed by atoms with Crippen LogP contribution in [0.3, 0.4) is 0 Å². The molecular formula is C20H17NO2. The van der Waals surface area contributed by atoms with Gasteiger partial charge in [-0.15, -0.1) is 0 Å². The fourth-order valence-corrected chi connectivity index (χ4v) is 2.93. The molecule has 2 aromatic carbocycles. The topological polar surface area (TPSA) is 39.2 Å². The Labute approximate surface area is 134 Å². The molecule has 3 aromatic rings. The number of ether oxygens (including phenoxy) is 1. The maximum Gasteiger partial charge on any atom is 0.150 e. The highest BCUT2D eigenvalue weighted by molar-refractivity contribution is 5.99. The molecule has 1 aromatic heterocycles. The Balaban J connectivity index is 1.78. The van der Waals surface area contributed by atoms with E-state index in [0.717, 1.165) is 28.5 Å². The Hall–Kier alpha value is -2.68. The van der Waals surface area contributed by atoms with Crippen LogP contribution in [0.2, 0.25) is 0 Å². The van der Waals surface area contributed by atoms with Crippen molar-refractivity contribution >= 4 is 17.2 Å². The Bertz CT molecular complexity index is 854. The fourth-order valence-electron chi connectivity index (χ4n) is 2.93. The molecule has 1 aliphatic rings. The highest BCUT2D eigenvalue weighted by Crippen LogP contribution is 2.46. The van der Waals surface area contributed by atoms with E-state index in [0.29, 0.717) is 18.1 Å². The number of carbonyl (C=O) groups is 1. The van der Waals surface area contributed by atoms with E-state index < -0.39 is 0 Å². The Morgan fingerprint density at radius 1 is 1.09 bits per heavy atom. The van der Waals surface area contributed by atoms with Gasteiger partial charge < -0.3 is 4.74 Å². The van der Waals surface area contributed by atoms with Crippen molar-refractivity contribution in [2.45, 2.75) is 25.4 Å². The first-order valence-electron chi connectivity index (χ1n) is 7.90. The van der Waals surface area contributed by atoms with Crippen LogP contribution in [-0.4, -0.2) is 11.3 Å². The smallest absolute Gasteiger partial charge is 0.150 e. The second-order valence-corrected chi connectivity index (χ2v) is 5.95. The first kappa shape index (κ1) is 13.9. The van der Waals surface area contributed by atoms with Crippen molar-refractivity contribution in [1.29, 1.82) is 0 Å². The zero-order chi connectivity index (χ0) is 15.6. The Morgan fingerprint density at radius 3 is 2.65 bits per heavy atom. The molecule has 0 N–H and O–H groups in total. The summed E-state index contributed by atoms with van der Waals surface area (Å²) >= 11 is 0. The molecule has 0 spiro atoms. The maximum absolute atomic E-state index is 11.3.